The van der Waals surface area contributed by atoms with E-state index in [1.165, 1.54) is 27.3 Å². The van der Waals surface area contributed by atoms with Crippen molar-refractivity contribution in [3.05, 3.63) is 57.3 Å². The largest absolute Gasteiger partial charge is 0.144 e. The number of aryl methyl sites for hydroxylation is 1. The second-order valence-electron chi connectivity index (χ2n) is 6.95. The van der Waals surface area contributed by atoms with Gasteiger partial charge in [0.2, 0.25) is 0 Å². The molecule has 0 spiro atoms. The second-order valence-corrected chi connectivity index (χ2v) is 8.04. The summed E-state index contributed by atoms with van der Waals surface area (Å²) in [6, 6.07) is 13.7. The van der Waals surface area contributed by atoms with Crippen molar-refractivity contribution in [2.75, 3.05) is 0 Å². The molecule has 1 aromatic carbocycles. The van der Waals surface area contributed by atoms with Gasteiger partial charge in [-0.25, -0.2) is 0 Å². The normalized spacial score (nSPS) is 15.0. The van der Waals surface area contributed by atoms with Gasteiger partial charge < -0.3 is 0 Å². The fraction of sp³-hybridized carbons (Fsp3) is 0.500. The minimum atomic E-state index is 0.125. The predicted octanol–water partition coefficient (Wildman–Crippen LogP) is 6.46. The summed E-state index contributed by atoms with van der Waals surface area (Å²) in [6.45, 7) is 13.8. The summed E-state index contributed by atoms with van der Waals surface area (Å²) in [5, 5.41) is 0. The third-order valence-corrected chi connectivity index (χ3v) is 6.81. The molecule has 0 bridgehead atoms. The Morgan fingerprint density at radius 1 is 0.810 bits per heavy atom. The summed E-state index contributed by atoms with van der Waals surface area (Å²) in [7, 11) is 0. The third kappa shape index (κ3) is 3.08. The third-order valence-electron chi connectivity index (χ3n) is 5.10. The van der Waals surface area contributed by atoms with E-state index in [9.17, 15) is 0 Å². The molecule has 0 saturated carbocycles. The molecule has 0 radical (unpaired) electrons. The van der Waals surface area contributed by atoms with Crippen molar-refractivity contribution in [1.82, 2.24) is 0 Å². The summed E-state index contributed by atoms with van der Waals surface area (Å²) >= 11 is 1.99. The van der Waals surface area contributed by atoms with Crippen LogP contribution in [-0.2, 0) is 10.8 Å². The molecule has 1 atom stereocenters. The van der Waals surface area contributed by atoms with E-state index in [2.05, 4.69) is 77.9 Å². The molecule has 1 unspecified atom stereocenters. The monoisotopic (exact) mass is 300 g/mol. The van der Waals surface area contributed by atoms with E-state index in [1.54, 1.807) is 0 Å². The zero-order chi connectivity index (χ0) is 15.7. The van der Waals surface area contributed by atoms with Crippen LogP contribution in [0.2, 0.25) is 0 Å². The van der Waals surface area contributed by atoms with Gasteiger partial charge in [-0.2, -0.15) is 0 Å². The lowest BCUT2D eigenvalue weighted by Gasteiger charge is -2.28. The number of benzene rings is 1. The van der Waals surface area contributed by atoms with Gasteiger partial charge in [-0.1, -0.05) is 64.4 Å². The fourth-order valence-electron chi connectivity index (χ4n) is 2.61. The number of rotatable bonds is 5. The van der Waals surface area contributed by atoms with E-state index in [4.69, 9.17) is 0 Å². The maximum Gasteiger partial charge on any atom is 0.0266 e. The van der Waals surface area contributed by atoms with E-state index in [-0.39, 0.29) is 10.8 Å². The SMILES string of the molecule is CCC(C)(C)c1ccc(C(C)(CC)c2ccc(C)cc2)s1. The zero-order valence-electron chi connectivity index (χ0n) is 14.3. The molecule has 1 heteroatoms. The molecule has 0 N–H and O–H groups in total. The maximum atomic E-state index is 2.38. The van der Waals surface area contributed by atoms with Crippen LogP contribution in [0.15, 0.2) is 36.4 Å². The lowest BCUT2D eigenvalue weighted by Crippen LogP contribution is -2.21. The van der Waals surface area contributed by atoms with Crippen molar-refractivity contribution in [2.24, 2.45) is 0 Å². The highest BCUT2D eigenvalue weighted by Gasteiger charge is 2.30. The molecule has 0 amide bonds. The molecule has 2 rings (SSSR count). The molecular formula is C20H28S. The van der Waals surface area contributed by atoms with Crippen LogP contribution in [0.3, 0.4) is 0 Å². The molecule has 0 aliphatic rings. The molecule has 2 aromatic rings. The minimum absolute atomic E-state index is 0.125. The van der Waals surface area contributed by atoms with Crippen LogP contribution in [0.25, 0.3) is 0 Å². The van der Waals surface area contributed by atoms with Crippen LogP contribution in [0.4, 0.5) is 0 Å². The Balaban J connectivity index is 2.44. The van der Waals surface area contributed by atoms with Crippen LogP contribution in [-0.4, -0.2) is 0 Å². The summed E-state index contributed by atoms with van der Waals surface area (Å²) in [5.41, 5.74) is 3.17. The van der Waals surface area contributed by atoms with Crippen LogP contribution in [0.1, 0.15) is 68.3 Å². The smallest absolute Gasteiger partial charge is 0.0266 e. The quantitative estimate of drug-likeness (QED) is 0.594. The van der Waals surface area contributed by atoms with Gasteiger partial charge in [0.1, 0.15) is 0 Å². The lowest BCUT2D eigenvalue weighted by molar-refractivity contribution is 0.517. The summed E-state index contributed by atoms with van der Waals surface area (Å²) in [5.74, 6) is 0. The standard InChI is InChI=1S/C20H28S/c1-7-19(4,5)17-13-14-18(21-17)20(6,8-2)16-11-9-15(3)10-12-16/h9-14H,7-8H2,1-6H3. The lowest BCUT2D eigenvalue weighted by atomic mass is 9.78. The zero-order valence-corrected chi connectivity index (χ0v) is 15.1. The molecule has 0 nitrogen and oxygen atoms in total. The van der Waals surface area contributed by atoms with Crippen molar-refractivity contribution in [3.8, 4) is 0 Å². The van der Waals surface area contributed by atoms with Crippen LogP contribution in [0.5, 0.6) is 0 Å². The Labute approximate surface area is 134 Å². The molecule has 0 saturated heterocycles. The van der Waals surface area contributed by atoms with Gasteiger partial charge >= 0.3 is 0 Å². The van der Waals surface area contributed by atoms with E-state index in [0.717, 1.165) is 6.42 Å². The first-order chi connectivity index (χ1) is 9.83. The first-order valence-corrected chi connectivity index (χ1v) is 8.83. The van der Waals surface area contributed by atoms with Crippen molar-refractivity contribution in [2.45, 2.75) is 65.2 Å². The van der Waals surface area contributed by atoms with E-state index in [0.29, 0.717) is 0 Å². The number of thiophene rings is 1. The van der Waals surface area contributed by atoms with E-state index >= 15 is 0 Å². The van der Waals surface area contributed by atoms with Crippen molar-refractivity contribution in [3.63, 3.8) is 0 Å². The van der Waals surface area contributed by atoms with Crippen LogP contribution < -0.4 is 0 Å². The van der Waals surface area contributed by atoms with Crippen molar-refractivity contribution in [1.29, 1.82) is 0 Å². The first-order valence-electron chi connectivity index (χ1n) is 8.01. The average molecular weight is 301 g/mol. The Morgan fingerprint density at radius 2 is 1.38 bits per heavy atom. The van der Waals surface area contributed by atoms with Crippen LogP contribution in [0, 0.1) is 6.92 Å². The average Bonchev–Trinajstić information content (AvgIpc) is 2.98. The molecule has 1 aromatic heterocycles. The van der Waals surface area contributed by atoms with Crippen molar-refractivity contribution < 1.29 is 0 Å². The molecule has 0 aliphatic heterocycles. The Hall–Kier alpha value is -1.08. The predicted molar refractivity (Wildman–Crippen MR) is 95.6 cm³/mol. The molecular weight excluding hydrogens is 272 g/mol. The maximum absolute atomic E-state index is 2.38. The van der Waals surface area contributed by atoms with Gasteiger partial charge in [-0.05, 0) is 42.9 Å². The highest BCUT2D eigenvalue weighted by atomic mass is 32.1. The molecule has 21 heavy (non-hydrogen) atoms. The van der Waals surface area contributed by atoms with Gasteiger partial charge in [0.05, 0.1) is 0 Å². The van der Waals surface area contributed by atoms with E-state index < -0.39 is 0 Å². The summed E-state index contributed by atoms with van der Waals surface area (Å²) < 4.78 is 0. The van der Waals surface area contributed by atoms with E-state index in [1.807, 2.05) is 11.3 Å². The van der Waals surface area contributed by atoms with Crippen molar-refractivity contribution >= 4 is 11.3 Å². The van der Waals surface area contributed by atoms with Gasteiger partial charge in [0.15, 0.2) is 0 Å². The fourth-order valence-corrected chi connectivity index (χ4v) is 4.03. The molecule has 0 aliphatic carbocycles. The number of hydrogen-bond donors (Lipinski definition) is 0. The topological polar surface area (TPSA) is 0 Å². The highest BCUT2D eigenvalue weighted by Crippen LogP contribution is 2.42. The van der Waals surface area contributed by atoms with Gasteiger partial charge in [0, 0.05) is 15.2 Å². The van der Waals surface area contributed by atoms with Gasteiger partial charge in [-0.3, -0.25) is 0 Å². The Kier molecular flexibility index (Phi) is 4.63. The molecule has 0 fully saturated rings. The Bertz CT molecular complexity index is 589. The van der Waals surface area contributed by atoms with Gasteiger partial charge in [0.25, 0.3) is 0 Å². The highest BCUT2D eigenvalue weighted by molar-refractivity contribution is 7.12. The summed E-state index contributed by atoms with van der Waals surface area (Å²) in [4.78, 5) is 3.00. The Morgan fingerprint density at radius 3 is 1.90 bits per heavy atom. The number of hydrogen-bond acceptors (Lipinski definition) is 1. The molecule has 114 valence electrons. The second kappa shape index (κ2) is 5.96. The summed E-state index contributed by atoms with van der Waals surface area (Å²) in [6.07, 6.45) is 2.31. The first kappa shape index (κ1) is 16.3. The van der Waals surface area contributed by atoms with Gasteiger partial charge in [-0.15, -0.1) is 11.3 Å². The van der Waals surface area contributed by atoms with Crippen LogP contribution >= 0.6 is 11.3 Å². The minimum Gasteiger partial charge on any atom is -0.144 e. The molecule has 1 heterocycles.